The van der Waals surface area contributed by atoms with E-state index in [-0.39, 0.29) is 0 Å². The number of amides is 2. The van der Waals surface area contributed by atoms with E-state index in [1.165, 1.54) is 4.90 Å². The van der Waals surface area contributed by atoms with Crippen LogP contribution in [0.5, 0.6) is 0 Å². The number of carbonyl (C=O) groups is 1. The van der Waals surface area contributed by atoms with Crippen LogP contribution in [0.15, 0.2) is 42.6 Å². The zero-order valence-electron chi connectivity index (χ0n) is 7.47. The molecule has 0 heterocycles. The average Bonchev–Trinajstić information content (AvgIpc) is 2.15. The van der Waals surface area contributed by atoms with Gasteiger partial charge < -0.3 is 5.73 Å². The summed E-state index contributed by atoms with van der Waals surface area (Å²) in [7, 11) is 0. The lowest BCUT2D eigenvalue weighted by molar-refractivity contribution is 0.256. The first-order chi connectivity index (χ1) is 6.25. The second kappa shape index (κ2) is 4.30. The Labute approximate surface area is 77.5 Å². The number of hydrogen-bond donors (Lipinski definition) is 1. The zero-order chi connectivity index (χ0) is 9.68. The molecular formula is C10H12N2O. The van der Waals surface area contributed by atoms with Crippen molar-refractivity contribution in [3.8, 4) is 0 Å². The van der Waals surface area contributed by atoms with Crippen LogP contribution in [0.4, 0.5) is 10.5 Å². The van der Waals surface area contributed by atoms with Gasteiger partial charge in [0.1, 0.15) is 0 Å². The maximum absolute atomic E-state index is 11.0. The summed E-state index contributed by atoms with van der Waals surface area (Å²) in [6, 6.07) is 8.77. The minimum atomic E-state index is -0.482. The fraction of sp³-hybridized carbons (Fsp3) is 0.100. The van der Waals surface area contributed by atoms with E-state index in [0.29, 0.717) is 0 Å². The summed E-state index contributed by atoms with van der Waals surface area (Å²) in [5.74, 6) is 0. The van der Waals surface area contributed by atoms with Gasteiger partial charge >= 0.3 is 6.03 Å². The molecule has 0 spiro atoms. The zero-order valence-corrected chi connectivity index (χ0v) is 7.47. The highest BCUT2D eigenvalue weighted by atomic mass is 16.2. The van der Waals surface area contributed by atoms with Crippen molar-refractivity contribution in [1.29, 1.82) is 0 Å². The lowest BCUT2D eigenvalue weighted by Crippen LogP contribution is -2.30. The van der Waals surface area contributed by atoms with Crippen molar-refractivity contribution >= 4 is 11.7 Å². The van der Waals surface area contributed by atoms with E-state index in [1.54, 1.807) is 12.3 Å². The minimum absolute atomic E-state index is 0.482. The molecule has 0 atom stereocenters. The van der Waals surface area contributed by atoms with Crippen LogP contribution < -0.4 is 10.6 Å². The fourth-order valence-electron chi connectivity index (χ4n) is 1.02. The standard InChI is InChI=1S/C10H12N2O/c1-2-8-12(10(11)13)9-6-4-3-5-7-9/h2-8H,1H3,(H2,11,13). The monoisotopic (exact) mass is 176 g/mol. The van der Waals surface area contributed by atoms with Crippen LogP contribution in [0.3, 0.4) is 0 Å². The molecule has 0 aliphatic heterocycles. The van der Waals surface area contributed by atoms with Crippen LogP contribution in [0.2, 0.25) is 0 Å². The molecule has 1 aromatic rings. The first-order valence-electron chi connectivity index (χ1n) is 4.02. The van der Waals surface area contributed by atoms with Gasteiger partial charge in [-0.05, 0) is 19.1 Å². The average molecular weight is 176 g/mol. The molecule has 0 radical (unpaired) electrons. The summed E-state index contributed by atoms with van der Waals surface area (Å²) in [5, 5.41) is 0. The highest BCUT2D eigenvalue weighted by Crippen LogP contribution is 2.12. The number of nitrogens with two attached hydrogens (primary N) is 1. The summed E-state index contributed by atoms with van der Waals surface area (Å²) in [5.41, 5.74) is 5.96. The molecule has 1 aromatic carbocycles. The van der Waals surface area contributed by atoms with Gasteiger partial charge in [0.05, 0.1) is 5.69 Å². The number of allylic oxidation sites excluding steroid dienone is 1. The Kier molecular flexibility index (Phi) is 3.09. The van der Waals surface area contributed by atoms with Gasteiger partial charge in [0, 0.05) is 6.20 Å². The number of rotatable bonds is 2. The third kappa shape index (κ3) is 2.33. The van der Waals surface area contributed by atoms with E-state index in [4.69, 9.17) is 5.73 Å². The van der Waals surface area contributed by atoms with E-state index in [9.17, 15) is 4.79 Å². The van der Waals surface area contributed by atoms with Crippen LogP contribution in [-0.2, 0) is 0 Å². The van der Waals surface area contributed by atoms with Gasteiger partial charge in [-0.1, -0.05) is 24.3 Å². The normalized spacial score (nSPS) is 10.2. The molecule has 0 aliphatic carbocycles. The second-order valence-corrected chi connectivity index (χ2v) is 2.53. The smallest absolute Gasteiger partial charge is 0.323 e. The summed E-state index contributed by atoms with van der Waals surface area (Å²) in [4.78, 5) is 12.4. The molecule has 3 heteroatoms. The maximum atomic E-state index is 11.0. The first kappa shape index (κ1) is 9.32. The number of para-hydroxylation sites is 1. The topological polar surface area (TPSA) is 46.3 Å². The van der Waals surface area contributed by atoms with E-state index in [1.807, 2.05) is 37.3 Å². The summed E-state index contributed by atoms with van der Waals surface area (Å²) < 4.78 is 0. The highest BCUT2D eigenvalue weighted by Gasteiger charge is 2.06. The third-order valence-electron chi connectivity index (χ3n) is 1.57. The molecule has 0 saturated heterocycles. The number of primary amides is 1. The molecule has 1 rings (SSSR count). The van der Waals surface area contributed by atoms with Crippen LogP contribution in [0.1, 0.15) is 6.92 Å². The number of carbonyl (C=O) groups excluding carboxylic acids is 1. The molecule has 0 aliphatic rings. The van der Waals surface area contributed by atoms with E-state index in [2.05, 4.69) is 0 Å². The summed E-state index contributed by atoms with van der Waals surface area (Å²) in [6.45, 7) is 1.83. The molecule has 13 heavy (non-hydrogen) atoms. The maximum Gasteiger partial charge on any atom is 0.323 e. The molecule has 0 fully saturated rings. The third-order valence-corrected chi connectivity index (χ3v) is 1.57. The van der Waals surface area contributed by atoms with Crippen LogP contribution >= 0.6 is 0 Å². The minimum Gasteiger partial charge on any atom is -0.351 e. The number of benzene rings is 1. The Bertz CT molecular complexity index is 306. The van der Waals surface area contributed by atoms with Crippen LogP contribution in [-0.4, -0.2) is 6.03 Å². The lowest BCUT2D eigenvalue weighted by atomic mass is 10.3. The van der Waals surface area contributed by atoms with Crippen LogP contribution in [0, 0.1) is 0 Å². The van der Waals surface area contributed by atoms with Crippen molar-refractivity contribution in [3.63, 3.8) is 0 Å². The van der Waals surface area contributed by atoms with Gasteiger partial charge in [0.15, 0.2) is 0 Å². The molecule has 0 saturated carbocycles. The molecule has 3 nitrogen and oxygen atoms in total. The van der Waals surface area contributed by atoms with Gasteiger partial charge in [0.25, 0.3) is 0 Å². The van der Waals surface area contributed by atoms with E-state index >= 15 is 0 Å². The fourth-order valence-corrected chi connectivity index (χ4v) is 1.02. The summed E-state index contributed by atoms with van der Waals surface area (Å²) >= 11 is 0. The number of anilines is 1. The van der Waals surface area contributed by atoms with Gasteiger partial charge in [-0.25, -0.2) is 4.79 Å². The molecule has 2 amide bonds. The van der Waals surface area contributed by atoms with Crippen molar-refractivity contribution in [2.75, 3.05) is 4.90 Å². The number of nitrogens with zero attached hydrogens (tertiary/aromatic N) is 1. The van der Waals surface area contributed by atoms with E-state index < -0.39 is 6.03 Å². The molecule has 0 bridgehead atoms. The summed E-state index contributed by atoms with van der Waals surface area (Å²) in [6.07, 6.45) is 3.40. The Hall–Kier alpha value is -1.77. The molecule has 0 unspecified atom stereocenters. The second-order valence-electron chi connectivity index (χ2n) is 2.53. The molecular weight excluding hydrogens is 164 g/mol. The van der Waals surface area contributed by atoms with Crippen molar-refractivity contribution in [1.82, 2.24) is 0 Å². The Morgan fingerprint density at radius 1 is 1.38 bits per heavy atom. The van der Waals surface area contributed by atoms with Crippen molar-refractivity contribution < 1.29 is 4.79 Å². The van der Waals surface area contributed by atoms with Gasteiger partial charge in [0.2, 0.25) is 0 Å². The molecule has 2 N–H and O–H groups in total. The predicted octanol–water partition coefficient (Wildman–Crippen LogP) is 2.11. The van der Waals surface area contributed by atoms with Gasteiger partial charge in [-0.3, -0.25) is 4.90 Å². The predicted molar refractivity (Wildman–Crippen MR) is 53.3 cm³/mol. The quantitative estimate of drug-likeness (QED) is 0.737. The van der Waals surface area contributed by atoms with E-state index in [0.717, 1.165) is 5.69 Å². The SMILES string of the molecule is CC=CN(C(N)=O)c1ccccc1. The van der Waals surface area contributed by atoms with Crippen LogP contribution in [0.25, 0.3) is 0 Å². The first-order valence-corrected chi connectivity index (χ1v) is 4.02. The van der Waals surface area contributed by atoms with Crippen molar-refractivity contribution in [2.45, 2.75) is 6.92 Å². The Morgan fingerprint density at radius 2 is 2.00 bits per heavy atom. The van der Waals surface area contributed by atoms with Gasteiger partial charge in [-0.15, -0.1) is 0 Å². The largest absolute Gasteiger partial charge is 0.351 e. The van der Waals surface area contributed by atoms with Crippen molar-refractivity contribution in [3.05, 3.63) is 42.6 Å². The number of hydrogen-bond acceptors (Lipinski definition) is 1. The Morgan fingerprint density at radius 3 is 2.46 bits per heavy atom. The Balaban J connectivity index is 2.96. The highest BCUT2D eigenvalue weighted by molar-refractivity contribution is 5.92. The van der Waals surface area contributed by atoms with Gasteiger partial charge in [-0.2, -0.15) is 0 Å². The molecule has 68 valence electrons. The van der Waals surface area contributed by atoms with Crippen molar-refractivity contribution in [2.24, 2.45) is 5.73 Å². The lowest BCUT2D eigenvalue weighted by Gasteiger charge is -2.14. The molecule has 0 aromatic heterocycles. The number of urea groups is 1.